The lowest BCUT2D eigenvalue weighted by Gasteiger charge is -2.12. The molecule has 1 heterocycles. The third-order valence-electron chi connectivity index (χ3n) is 4.84. The molecule has 0 radical (unpaired) electrons. The molecule has 11 heteroatoms. The first-order valence-corrected chi connectivity index (χ1v) is 11.7. The molecule has 0 aliphatic carbocycles. The van der Waals surface area contributed by atoms with Crippen molar-refractivity contribution in [3.63, 3.8) is 0 Å². The molecule has 2 amide bonds. The van der Waals surface area contributed by atoms with Gasteiger partial charge in [0.05, 0.1) is 21.7 Å². The van der Waals surface area contributed by atoms with Crippen molar-refractivity contribution in [1.82, 2.24) is 15.8 Å². The number of amides is 2. The van der Waals surface area contributed by atoms with Crippen molar-refractivity contribution in [3.8, 4) is 0 Å². The maximum atomic E-state index is 12.7. The number of hydrazine groups is 1. The van der Waals surface area contributed by atoms with Crippen LogP contribution in [0.4, 0.5) is 11.4 Å². The number of hydrogen-bond acceptors (Lipinski definition) is 6. The van der Waals surface area contributed by atoms with Crippen LogP contribution in [0.1, 0.15) is 20.7 Å². The zero-order valence-electron chi connectivity index (χ0n) is 17.4. The van der Waals surface area contributed by atoms with Gasteiger partial charge in [-0.3, -0.25) is 30.1 Å². The molecule has 3 aromatic carbocycles. The zero-order chi connectivity index (χ0) is 24.3. The molecular weight excluding hydrogens is 478 g/mol. The first-order valence-electron chi connectivity index (χ1n) is 9.87. The Labute approximate surface area is 200 Å². The number of anilines is 2. The molecule has 0 saturated heterocycles. The number of para-hydroxylation sites is 1. The van der Waals surface area contributed by atoms with Crippen molar-refractivity contribution < 1.29 is 18.0 Å². The summed E-state index contributed by atoms with van der Waals surface area (Å²) in [6, 6.07) is 18.6. The van der Waals surface area contributed by atoms with Crippen molar-refractivity contribution in [2.24, 2.45) is 0 Å². The van der Waals surface area contributed by atoms with Gasteiger partial charge in [-0.15, -0.1) is 0 Å². The molecule has 4 rings (SSSR count). The number of halogens is 1. The summed E-state index contributed by atoms with van der Waals surface area (Å²) in [6.07, 6.45) is 1.29. The van der Waals surface area contributed by atoms with Gasteiger partial charge in [-0.1, -0.05) is 35.9 Å². The Morgan fingerprint density at radius 1 is 0.882 bits per heavy atom. The lowest BCUT2D eigenvalue weighted by atomic mass is 10.1. The number of nitrogens with zero attached hydrogens (tertiary/aromatic N) is 1. The third kappa shape index (κ3) is 4.92. The molecule has 172 valence electrons. The van der Waals surface area contributed by atoms with Gasteiger partial charge >= 0.3 is 0 Å². The van der Waals surface area contributed by atoms with E-state index >= 15 is 0 Å². The van der Waals surface area contributed by atoms with Gasteiger partial charge < -0.3 is 5.73 Å². The Bertz CT molecular complexity index is 1510. The summed E-state index contributed by atoms with van der Waals surface area (Å²) in [4.78, 5) is 29.2. The van der Waals surface area contributed by atoms with Crippen LogP contribution in [-0.2, 0) is 10.0 Å². The number of carbonyl (C=O) groups excluding carboxylic acids is 2. The number of fused-ring (bicyclic) bond motifs is 1. The second-order valence-electron chi connectivity index (χ2n) is 7.15. The van der Waals surface area contributed by atoms with Gasteiger partial charge in [-0.2, -0.15) is 0 Å². The highest BCUT2D eigenvalue weighted by molar-refractivity contribution is 7.92. The lowest BCUT2D eigenvalue weighted by Crippen LogP contribution is -2.42. The van der Waals surface area contributed by atoms with E-state index in [1.165, 1.54) is 30.5 Å². The van der Waals surface area contributed by atoms with E-state index < -0.39 is 21.8 Å². The number of pyridine rings is 1. The van der Waals surface area contributed by atoms with E-state index in [-0.39, 0.29) is 21.7 Å². The fraction of sp³-hybridized carbons (Fsp3) is 0. The molecule has 9 nitrogen and oxygen atoms in total. The molecule has 0 atom stereocenters. The van der Waals surface area contributed by atoms with Crippen LogP contribution in [-0.4, -0.2) is 25.2 Å². The van der Waals surface area contributed by atoms with E-state index in [1.807, 2.05) is 0 Å². The molecule has 34 heavy (non-hydrogen) atoms. The molecule has 5 N–H and O–H groups in total. The summed E-state index contributed by atoms with van der Waals surface area (Å²) in [6.45, 7) is 0. The Hall–Kier alpha value is -4.15. The van der Waals surface area contributed by atoms with Gasteiger partial charge in [-0.05, 0) is 48.5 Å². The van der Waals surface area contributed by atoms with Crippen molar-refractivity contribution in [2.45, 2.75) is 4.90 Å². The minimum absolute atomic E-state index is 0.0210. The van der Waals surface area contributed by atoms with Crippen molar-refractivity contribution in [3.05, 3.63) is 95.1 Å². The van der Waals surface area contributed by atoms with Gasteiger partial charge in [0.1, 0.15) is 0 Å². The highest BCUT2D eigenvalue weighted by Crippen LogP contribution is 2.25. The fourth-order valence-corrected chi connectivity index (χ4v) is 4.42. The van der Waals surface area contributed by atoms with E-state index in [2.05, 4.69) is 20.6 Å². The third-order valence-corrected chi connectivity index (χ3v) is 6.45. The molecule has 0 bridgehead atoms. The number of sulfonamides is 1. The summed E-state index contributed by atoms with van der Waals surface area (Å²) in [7, 11) is -3.93. The largest absolute Gasteiger partial charge is 0.397 e. The van der Waals surface area contributed by atoms with Crippen LogP contribution in [0, 0.1) is 0 Å². The lowest BCUT2D eigenvalue weighted by molar-refractivity contribution is 0.0847. The van der Waals surface area contributed by atoms with Crippen LogP contribution in [0.3, 0.4) is 0 Å². The van der Waals surface area contributed by atoms with Crippen LogP contribution >= 0.6 is 11.6 Å². The smallest absolute Gasteiger partial charge is 0.273 e. The summed E-state index contributed by atoms with van der Waals surface area (Å²) < 4.78 is 27.7. The Morgan fingerprint density at radius 2 is 1.62 bits per heavy atom. The van der Waals surface area contributed by atoms with Crippen LogP contribution < -0.4 is 21.3 Å². The number of carbonyl (C=O) groups is 2. The molecule has 0 spiro atoms. The van der Waals surface area contributed by atoms with E-state index in [4.69, 9.17) is 17.3 Å². The van der Waals surface area contributed by atoms with Crippen molar-refractivity contribution >= 4 is 55.7 Å². The Kier molecular flexibility index (Phi) is 6.35. The minimum atomic E-state index is -3.93. The molecule has 0 aliphatic heterocycles. The topological polar surface area (TPSA) is 143 Å². The van der Waals surface area contributed by atoms with E-state index in [9.17, 15) is 18.0 Å². The van der Waals surface area contributed by atoms with E-state index in [0.717, 1.165) is 0 Å². The molecule has 1 aromatic heterocycles. The van der Waals surface area contributed by atoms with Gasteiger partial charge in [0, 0.05) is 27.9 Å². The van der Waals surface area contributed by atoms with Gasteiger partial charge in [0.25, 0.3) is 21.8 Å². The monoisotopic (exact) mass is 495 g/mol. The summed E-state index contributed by atoms with van der Waals surface area (Å²) in [5.74, 6) is -1.42. The Morgan fingerprint density at radius 3 is 2.38 bits per heavy atom. The number of nitrogen functional groups attached to an aromatic ring is 1. The molecule has 0 saturated carbocycles. The standard InChI is InChI=1S/C23H18ClN5O4S/c24-15-9-10-20-18(12-15)21(25)19(13-26-20)23(31)28-27-22(30)14-5-4-8-17(11-14)34(32,33)29-16-6-2-1-3-7-16/h1-13,29H,(H2,25,26)(H,27,30)(H,28,31). The van der Waals surface area contributed by atoms with Gasteiger partial charge in [0.15, 0.2) is 0 Å². The predicted octanol–water partition coefficient (Wildman–Crippen LogP) is 3.35. The first kappa shape index (κ1) is 23.0. The van der Waals surface area contributed by atoms with E-state index in [0.29, 0.717) is 21.6 Å². The summed E-state index contributed by atoms with van der Waals surface area (Å²) in [5, 5.41) is 0.929. The average Bonchev–Trinajstić information content (AvgIpc) is 2.83. The van der Waals surface area contributed by atoms with Gasteiger partial charge in [0.2, 0.25) is 0 Å². The number of rotatable bonds is 5. The number of nitrogens with two attached hydrogens (primary N) is 1. The van der Waals surface area contributed by atoms with Crippen LogP contribution in [0.5, 0.6) is 0 Å². The number of benzene rings is 3. The maximum Gasteiger partial charge on any atom is 0.273 e. The van der Waals surface area contributed by atoms with Crippen LogP contribution in [0.15, 0.2) is 83.9 Å². The number of aromatic nitrogens is 1. The summed E-state index contributed by atoms with van der Waals surface area (Å²) >= 11 is 6.00. The van der Waals surface area contributed by atoms with Gasteiger partial charge in [-0.25, -0.2) is 8.42 Å². The molecule has 0 fully saturated rings. The van der Waals surface area contributed by atoms with Crippen molar-refractivity contribution in [1.29, 1.82) is 0 Å². The molecule has 0 unspecified atom stereocenters. The average molecular weight is 496 g/mol. The quantitative estimate of drug-likeness (QED) is 0.313. The first-order chi connectivity index (χ1) is 16.2. The molecular formula is C23H18ClN5O4S. The van der Waals surface area contributed by atoms with Crippen LogP contribution in [0.25, 0.3) is 10.9 Å². The minimum Gasteiger partial charge on any atom is -0.397 e. The van der Waals surface area contributed by atoms with Crippen molar-refractivity contribution in [2.75, 3.05) is 10.5 Å². The zero-order valence-corrected chi connectivity index (χ0v) is 19.0. The number of nitrogens with one attached hydrogen (secondary N) is 3. The fourth-order valence-electron chi connectivity index (χ4n) is 3.14. The Balaban J connectivity index is 1.48. The maximum absolute atomic E-state index is 12.7. The predicted molar refractivity (Wildman–Crippen MR) is 130 cm³/mol. The van der Waals surface area contributed by atoms with E-state index in [1.54, 1.807) is 48.5 Å². The normalized spacial score (nSPS) is 11.1. The highest BCUT2D eigenvalue weighted by atomic mass is 35.5. The SMILES string of the molecule is Nc1c(C(=O)NNC(=O)c2cccc(S(=O)(=O)Nc3ccccc3)c2)cnc2ccc(Cl)cc12. The molecule has 0 aliphatic rings. The second kappa shape index (κ2) is 9.38. The number of hydrogen-bond donors (Lipinski definition) is 4. The second-order valence-corrected chi connectivity index (χ2v) is 9.27. The summed E-state index contributed by atoms with van der Waals surface area (Å²) in [5.41, 5.74) is 11.8. The molecule has 4 aromatic rings. The van der Waals surface area contributed by atoms with Crippen LogP contribution in [0.2, 0.25) is 5.02 Å². The highest BCUT2D eigenvalue weighted by Gasteiger charge is 2.18.